The molecule has 7 nitrogen and oxygen atoms in total. The van der Waals surface area contributed by atoms with E-state index in [1.165, 1.54) is 4.90 Å². The van der Waals surface area contributed by atoms with Crippen LogP contribution in [-0.4, -0.2) is 47.3 Å². The predicted octanol–water partition coefficient (Wildman–Crippen LogP) is 2.10. The fourth-order valence-corrected chi connectivity index (χ4v) is 5.27. The Morgan fingerprint density at radius 3 is 2.58 bits per heavy atom. The minimum absolute atomic E-state index is 0.00107. The Balaban J connectivity index is 1.22. The van der Waals surface area contributed by atoms with Gasteiger partial charge in [0, 0.05) is 31.2 Å². The van der Waals surface area contributed by atoms with Crippen LogP contribution in [0.15, 0.2) is 53.7 Å². The summed E-state index contributed by atoms with van der Waals surface area (Å²) in [4.78, 5) is 36.2. The van der Waals surface area contributed by atoms with E-state index in [4.69, 9.17) is 4.99 Å². The third-order valence-electron chi connectivity index (χ3n) is 6.68. The van der Waals surface area contributed by atoms with Gasteiger partial charge in [0.25, 0.3) is 0 Å². The van der Waals surface area contributed by atoms with Gasteiger partial charge in [0.2, 0.25) is 11.8 Å². The lowest BCUT2D eigenvalue weighted by atomic mass is 9.85. The molecule has 0 radical (unpaired) electrons. The number of nitrogens with one attached hydrogen (secondary N) is 2. The molecule has 31 heavy (non-hydrogen) atoms. The number of fused-ring (bicyclic) bond motifs is 6. The van der Waals surface area contributed by atoms with Crippen molar-refractivity contribution in [1.29, 1.82) is 0 Å². The molecule has 2 fully saturated rings. The fraction of sp³-hybridized carbons (Fsp3) is 0.417. The second-order valence-corrected chi connectivity index (χ2v) is 8.44. The summed E-state index contributed by atoms with van der Waals surface area (Å²) in [7, 11) is 0. The van der Waals surface area contributed by atoms with E-state index in [1.54, 1.807) is 6.20 Å². The highest BCUT2D eigenvalue weighted by atomic mass is 16.2. The minimum Gasteiger partial charge on any atom is -0.357 e. The van der Waals surface area contributed by atoms with Gasteiger partial charge in [-0.3, -0.25) is 19.5 Å². The lowest BCUT2D eigenvalue weighted by Gasteiger charge is -2.18. The van der Waals surface area contributed by atoms with Gasteiger partial charge >= 0.3 is 0 Å². The van der Waals surface area contributed by atoms with E-state index in [2.05, 4.69) is 33.8 Å². The first-order chi connectivity index (χ1) is 15.2. The number of hydrogen-bond donors (Lipinski definition) is 2. The Labute approximate surface area is 181 Å². The number of aliphatic imine (C=N–C) groups is 1. The van der Waals surface area contributed by atoms with Gasteiger partial charge in [0.15, 0.2) is 5.96 Å². The summed E-state index contributed by atoms with van der Waals surface area (Å²) in [6.07, 6.45) is 7.01. The average molecular weight is 418 g/mol. The number of rotatable bonds is 6. The second-order valence-electron chi connectivity index (χ2n) is 8.44. The van der Waals surface area contributed by atoms with Gasteiger partial charge < -0.3 is 10.6 Å². The van der Waals surface area contributed by atoms with Crippen molar-refractivity contribution >= 4 is 28.7 Å². The van der Waals surface area contributed by atoms with Crippen LogP contribution in [0.4, 0.5) is 0 Å². The molecule has 2 aromatic rings. The monoisotopic (exact) mass is 417 g/mol. The number of pyridine rings is 1. The Hall–Kier alpha value is -3.22. The Bertz CT molecular complexity index is 1040. The summed E-state index contributed by atoms with van der Waals surface area (Å²) in [6.45, 7) is 4.09. The molecule has 0 spiro atoms. The standard InChI is InChI=1S/C24H27N5O2/c1-2-25-24(28-14-17-9-10-26-19-6-4-3-5-18(17)19)27-11-12-29-22(30)20-15-7-8-16(13-15)21(20)23(29)31/h3-10,15-16,20-21H,2,11-14H2,1H3,(H2,25,27,28). The maximum atomic E-state index is 12.8. The maximum absolute atomic E-state index is 12.8. The summed E-state index contributed by atoms with van der Waals surface area (Å²) in [5.74, 6) is 0.896. The predicted molar refractivity (Wildman–Crippen MR) is 119 cm³/mol. The van der Waals surface area contributed by atoms with Crippen LogP contribution in [0.5, 0.6) is 0 Å². The Morgan fingerprint density at radius 2 is 1.84 bits per heavy atom. The number of allylic oxidation sites excluding steroid dienone is 2. The van der Waals surface area contributed by atoms with Crippen molar-refractivity contribution in [2.45, 2.75) is 19.9 Å². The number of hydrogen-bond acceptors (Lipinski definition) is 4. The minimum atomic E-state index is -0.135. The van der Waals surface area contributed by atoms with E-state index in [1.807, 2.05) is 31.2 Å². The summed E-state index contributed by atoms with van der Waals surface area (Å²) < 4.78 is 0. The van der Waals surface area contributed by atoms with Crippen LogP contribution in [0.2, 0.25) is 0 Å². The van der Waals surface area contributed by atoms with Gasteiger partial charge in [-0.2, -0.15) is 0 Å². The van der Waals surface area contributed by atoms with Crippen molar-refractivity contribution in [3.8, 4) is 0 Å². The number of nitrogens with zero attached hydrogens (tertiary/aromatic N) is 3. The normalized spacial score (nSPS) is 26.7. The van der Waals surface area contributed by atoms with E-state index >= 15 is 0 Å². The van der Waals surface area contributed by atoms with Gasteiger partial charge in [-0.1, -0.05) is 30.4 Å². The van der Waals surface area contributed by atoms with Crippen molar-refractivity contribution in [2.24, 2.45) is 28.7 Å². The van der Waals surface area contributed by atoms with E-state index in [9.17, 15) is 9.59 Å². The molecule has 1 aromatic heterocycles. The number of carbonyl (C=O) groups excluding carboxylic acids is 2. The van der Waals surface area contributed by atoms with Crippen LogP contribution in [-0.2, 0) is 16.1 Å². The molecule has 7 heteroatoms. The van der Waals surface area contributed by atoms with Crippen LogP contribution in [0.3, 0.4) is 0 Å². The van der Waals surface area contributed by atoms with Crippen molar-refractivity contribution in [3.63, 3.8) is 0 Å². The van der Waals surface area contributed by atoms with E-state index in [0.29, 0.717) is 25.6 Å². The Kier molecular flexibility index (Phi) is 5.18. The van der Waals surface area contributed by atoms with Crippen molar-refractivity contribution in [3.05, 3.63) is 54.2 Å². The van der Waals surface area contributed by atoms with Crippen LogP contribution in [0, 0.1) is 23.7 Å². The molecule has 1 saturated carbocycles. The first-order valence-electron chi connectivity index (χ1n) is 11.1. The highest BCUT2D eigenvalue weighted by molar-refractivity contribution is 6.06. The maximum Gasteiger partial charge on any atom is 0.233 e. The molecule has 1 saturated heterocycles. The number of imide groups is 1. The molecule has 2 bridgehead atoms. The van der Waals surface area contributed by atoms with E-state index < -0.39 is 0 Å². The summed E-state index contributed by atoms with van der Waals surface area (Å²) >= 11 is 0. The van der Waals surface area contributed by atoms with E-state index in [-0.39, 0.29) is 35.5 Å². The summed E-state index contributed by atoms with van der Waals surface area (Å²) in [6, 6.07) is 10.0. The summed E-state index contributed by atoms with van der Waals surface area (Å²) in [5, 5.41) is 7.60. The molecule has 2 N–H and O–H groups in total. The molecule has 1 aromatic carbocycles. The number of carbonyl (C=O) groups is 2. The third-order valence-corrected chi connectivity index (χ3v) is 6.68. The molecule has 1 aliphatic heterocycles. The van der Waals surface area contributed by atoms with Crippen LogP contribution in [0.25, 0.3) is 10.9 Å². The molecule has 5 rings (SSSR count). The fourth-order valence-electron chi connectivity index (χ4n) is 5.27. The molecule has 160 valence electrons. The van der Waals surface area contributed by atoms with Crippen LogP contribution in [0.1, 0.15) is 18.9 Å². The zero-order chi connectivity index (χ0) is 21.4. The highest BCUT2D eigenvalue weighted by Crippen LogP contribution is 2.52. The molecule has 4 unspecified atom stereocenters. The largest absolute Gasteiger partial charge is 0.357 e. The van der Waals surface area contributed by atoms with Gasteiger partial charge in [-0.25, -0.2) is 4.99 Å². The van der Waals surface area contributed by atoms with Crippen molar-refractivity contribution < 1.29 is 9.59 Å². The molecule has 2 amide bonds. The zero-order valence-corrected chi connectivity index (χ0v) is 17.6. The number of likely N-dealkylation sites (tertiary alicyclic amines) is 1. The van der Waals surface area contributed by atoms with E-state index in [0.717, 1.165) is 29.4 Å². The zero-order valence-electron chi connectivity index (χ0n) is 17.6. The first-order valence-corrected chi connectivity index (χ1v) is 11.1. The molecule has 4 atom stereocenters. The molecule has 2 aliphatic carbocycles. The van der Waals surface area contributed by atoms with Gasteiger partial charge in [-0.15, -0.1) is 0 Å². The highest BCUT2D eigenvalue weighted by Gasteiger charge is 2.58. The first kappa shape index (κ1) is 19.7. The van der Waals surface area contributed by atoms with Crippen LogP contribution >= 0.6 is 0 Å². The molecular formula is C24H27N5O2. The third kappa shape index (κ3) is 3.48. The smallest absolute Gasteiger partial charge is 0.233 e. The molecular weight excluding hydrogens is 390 g/mol. The van der Waals surface area contributed by atoms with Crippen molar-refractivity contribution in [1.82, 2.24) is 20.5 Å². The number of amides is 2. The van der Waals surface area contributed by atoms with Crippen molar-refractivity contribution in [2.75, 3.05) is 19.6 Å². The number of guanidine groups is 1. The molecule has 3 aliphatic rings. The number of aromatic nitrogens is 1. The second kappa shape index (κ2) is 8.13. The number of benzene rings is 1. The van der Waals surface area contributed by atoms with Gasteiger partial charge in [-0.05, 0) is 42.9 Å². The van der Waals surface area contributed by atoms with Crippen LogP contribution < -0.4 is 10.6 Å². The average Bonchev–Trinajstić information content (AvgIpc) is 3.47. The topological polar surface area (TPSA) is 86.7 Å². The SMILES string of the molecule is CCNC(=NCc1ccnc2ccccc12)NCCN1C(=O)C2C3C=CC(C3)C2C1=O. The molecule has 2 heterocycles. The number of para-hydroxylation sites is 1. The summed E-state index contributed by atoms with van der Waals surface area (Å²) in [5.41, 5.74) is 2.05. The van der Waals surface area contributed by atoms with Gasteiger partial charge in [0.1, 0.15) is 0 Å². The lowest BCUT2D eigenvalue weighted by molar-refractivity contribution is -0.140. The lowest BCUT2D eigenvalue weighted by Crippen LogP contribution is -2.43. The van der Waals surface area contributed by atoms with Gasteiger partial charge in [0.05, 0.1) is 23.9 Å². The quantitative estimate of drug-likeness (QED) is 0.325. The Morgan fingerprint density at radius 1 is 1.10 bits per heavy atom.